The summed E-state index contributed by atoms with van der Waals surface area (Å²) in [6.07, 6.45) is 5.40. The van der Waals surface area contributed by atoms with E-state index in [2.05, 4.69) is 22.1 Å². The largest absolute Gasteiger partial charge is 0.493 e. The van der Waals surface area contributed by atoms with Crippen molar-refractivity contribution in [1.29, 1.82) is 0 Å². The van der Waals surface area contributed by atoms with E-state index in [0.29, 0.717) is 12.6 Å². The van der Waals surface area contributed by atoms with Crippen molar-refractivity contribution in [2.45, 2.75) is 32.2 Å². The number of rotatable bonds is 6. The van der Waals surface area contributed by atoms with Gasteiger partial charge in [0.25, 0.3) is 0 Å². The standard InChI is InChI=1S/C17H24N2O2/c1-2-21-16-7-3-6-15-17(16)13(11-18-15)8-10-19-9-4-5-14(19)12-20/h3,6-7,11,14,18,20H,2,4-5,8-10,12H2,1H3/t14-/m0/s1. The molecule has 0 spiro atoms. The highest BCUT2D eigenvalue weighted by atomic mass is 16.5. The molecule has 1 aromatic heterocycles. The van der Waals surface area contributed by atoms with Crippen LogP contribution in [-0.4, -0.2) is 47.3 Å². The number of nitrogens with one attached hydrogen (secondary N) is 1. The first-order valence-corrected chi connectivity index (χ1v) is 7.90. The van der Waals surface area contributed by atoms with E-state index in [4.69, 9.17) is 4.74 Å². The molecule has 4 heteroatoms. The smallest absolute Gasteiger partial charge is 0.128 e. The van der Waals surface area contributed by atoms with Crippen LogP contribution in [0.3, 0.4) is 0 Å². The van der Waals surface area contributed by atoms with Crippen LogP contribution >= 0.6 is 0 Å². The van der Waals surface area contributed by atoms with E-state index >= 15 is 0 Å². The van der Waals surface area contributed by atoms with Crippen molar-refractivity contribution in [3.8, 4) is 5.75 Å². The van der Waals surface area contributed by atoms with Gasteiger partial charge < -0.3 is 14.8 Å². The topological polar surface area (TPSA) is 48.5 Å². The lowest BCUT2D eigenvalue weighted by Gasteiger charge is -2.22. The van der Waals surface area contributed by atoms with Crippen molar-refractivity contribution in [2.24, 2.45) is 0 Å². The monoisotopic (exact) mass is 288 g/mol. The van der Waals surface area contributed by atoms with Crippen LogP contribution in [0.5, 0.6) is 5.75 Å². The zero-order chi connectivity index (χ0) is 14.7. The van der Waals surface area contributed by atoms with Crippen molar-refractivity contribution >= 4 is 10.9 Å². The summed E-state index contributed by atoms with van der Waals surface area (Å²) in [6.45, 7) is 5.08. The predicted molar refractivity (Wildman–Crippen MR) is 84.9 cm³/mol. The molecule has 2 heterocycles. The molecular formula is C17H24N2O2. The van der Waals surface area contributed by atoms with Gasteiger partial charge in [0.2, 0.25) is 0 Å². The Morgan fingerprint density at radius 2 is 2.33 bits per heavy atom. The fraction of sp³-hybridized carbons (Fsp3) is 0.529. The number of hydrogen-bond acceptors (Lipinski definition) is 3. The van der Waals surface area contributed by atoms with Gasteiger partial charge in [0.05, 0.1) is 13.2 Å². The lowest BCUT2D eigenvalue weighted by atomic mass is 10.1. The Labute approximate surface area is 125 Å². The molecule has 2 aromatic rings. The van der Waals surface area contributed by atoms with Gasteiger partial charge in [-0.25, -0.2) is 0 Å². The van der Waals surface area contributed by atoms with Crippen LogP contribution in [-0.2, 0) is 6.42 Å². The van der Waals surface area contributed by atoms with Crippen molar-refractivity contribution < 1.29 is 9.84 Å². The minimum atomic E-state index is 0.276. The quantitative estimate of drug-likeness (QED) is 0.859. The van der Waals surface area contributed by atoms with Gasteiger partial charge in [0.15, 0.2) is 0 Å². The van der Waals surface area contributed by atoms with Crippen LogP contribution in [0.4, 0.5) is 0 Å². The van der Waals surface area contributed by atoms with Gasteiger partial charge in [-0.2, -0.15) is 0 Å². The number of aromatic amines is 1. The van der Waals surface area contributed by atoms with Crippen molar-refractivity contribution in [3.63, 3.8) is 0 Å². The number of fused-ring (bicyclic) bond motifs is 1. The van der Waals surface area contributed by atoms with E-state index in [1.807, 2.05) is 19.1 Å². The number of ether oxygens (including phenoxy) is 1. The number of likely N-dealkylation sites (tertiary alicyclic amines) is 1. The maximum atomic E-state index is 9.41. The van der Waals surface area contributed by atoms with Gasteiger partial charge >= 0.3 is 0 Å². The van der Waals surface area contributed by atoms with Crippen LogP contribution in [0.1, 0.15) is 25.3 Å². The van der Waals surface area contributed by atoms with E-state index in [1.165, 1.54) is 17.4 Å². The molecule has 1 aliphatic rings. The summed E-state index contributed by atoms with van der Waals surface area (Å²) in [6, 6.07) is 6.50. The number of aliphatic hydroxyl groups excluding tert-OH is 1. The van der Waals surface area contributed by atoms with Gasteiger partial charge in [-0.1, -0.05) is 6.07 Å². The Bertz CT molecular complexity index is 593. The minimum Gasteiger partial charge on any atom is -0.493 e. The number of H-pyrrole nitrogens is 1. The highest BCUT2D eigenvalue weighted by molar-refractivity contribution is 5.89. The molecule has 21 heavy (non-hydrogen) atoms. The Kier molecular flexibility index (Phi) is 4.46. The first-order valence-electron chi connectivity index (χ1n) is 7.90. The third kappa shape index (κ3) is 2.92. The summed E-state index contributed by atoms with van der Waals surface area (Å²) >= 11 is 0. The summed E-state index contributed by atoms with van der Waals surface area (Å²) in [5.41, 5.74) is 2.44. The zero-order valence-corrected chi connectivity index (χ0v) is 12.6. The lowest BCUT2D eigenvalue weighted by molar-refractivity contribution is 0.160. The zero-order valence-electron chi connectivity index (χ0n) is 12.6. The Balaban J connectivity index is 1.77. The summed E-state index contributed by atoms with van der Waals surface area (Å²) in [5.74, 6) is 0.964. The first-order chi connectivity index (χ1) is 10.3. The summed E-state index contributed by atoms with van der Waals surface area (Å²) < 4.78 is 5.76. The Hall–Kier alpha value is -1.52. The predicted octanol–water partition coefficient (Wildman–Crippen LogP) is 2.57. The van der Waals surface area contributed by atoms with Crippen LogP contribution < -0.4 is 4.74 Å². The van der Waals surface area contributed by atoms with Gasteiger partial charge in [0.1, 0.15) is 5.75 Å². The number of aromatic nitrogens is 1. The summed E-state index contributed by atoms with van der Waals surface area (Å²) in [5, 5.41) is 10.6. The molecule has 1 saturated heterocycles. The van der Waals surface area contributed by atoms with Gasteiger partial charge in [-0.05, 0) is 50.4 Å². The van der Waals surface area contributed by atoms with Gasteiger partial charge in [0, 0.05) is 29.7 Å². The molecule has 0 bridgehead atoms. The fourth-order valence-corrected chi connectivity index (χ4v) is 3.35. The molecule has 1 fully saturated rings. The molecule has 1 aromatic carbocycles. The van der Waals surface area contributed by atoms with Crippen molar-refractivity contribution in [3.05, 3.63) is 30.0 Å². The highest BCUT2D eigenvalue weighted by Crippen LogP contribution is 2.29. The van der Waals surface area contributed by atoms with E-state index < -0.39 is 0 Å². The molecule has 2 N–H and O–H groups in total. The van der Waals surface area contributed by atoms with E-state index in [-0.39, 0.29) is 6.61 Å². The second-order valence-corrected chi connectivity index (χ2v) is 5.69. The molecule has 0 radical (unpaired) electrons. The Morgan fingerprint density at radius 3 is 3.14 bits per heavy atom. The number of hydrogen-bond donors (Lipinski definition) is 2. The molecule has 3 rings (SSSR count). The normalized spacial score (nSPS) is 19.4. The van der Waals surface area contributed by atoms with Crippen LogP contribution in [0.15, 0.2) is 24.4 Å². The molecule has 1 aliphatic heterocycles. The molecule has 114 valence electrons. The first kappa shape index (κ1) is 14.4. The molecule has 0 unspecified atom stereocenters. The SMILES string of the molecule is CCOc1cccc2[nH]cc(CCN3CCC[C@H]3CO)c12. The third-order valence-electron chi connectivity index (χ3n) is 4.43. The lowest BCUT2D eigenvalue weighted by Crippen LogP contribution is -2.33. The summed E-state index contributed by atoms with van der Waals surface area (Å²) in [7, 11) is 0. The maximum absolute atomic E-state index is 9.41. The molecule has 1 atom stereocenters. The van der Waals surface area contributed by atoms with E-state index in [9.17, 15) is 5.11 Å². The number of benzene rings is 1. The van der Waals surface area contributed by atoms with Gasteiger partial charge in [-0.3, -0.25) is 4.90 Å². The van der Waals surface area contributed by atoms with Crippen molar-refractivity contribution in [2.75, 3.05) is 26.3 Å². The average Bonchev–Trinajstić information content (AvgIpc) is 3.12. The molecular weight excluding hydrogens is 264 g/mol. The fourth-order valence-electron chi connectivity index (χ4n) is 3.35. The second-order valence-electron chi connectivity index (χ2n) is 5.69. The van der Waals surface area contributed by atoms with Crippen LogP contribution in [0, 0.1) is 0 Å². The average molecular weight is 288 g/mol. The summed E-state index contributed by atoms with van der Waals surface area (Å²) in [4.78, 5) is 5.74. The van der Waals surface area contributed by atoms with Crippen LogP contribution in [0.25, 0.3) is 10.9 Å². The third-order valence-corrected chi connectivity index (χ3v) is 4.43. The number of nitrogens with zero attached hydrogens (tertiary/aromatic N) is 1. The van der Waals surface area contributed by atoms with Gasteiger partial charge in [-0.15, -0.1) is 0 Å². The second kappa shape index (κ2) is 6.50. The maximum Gasteiger partial charge on any atom is 0.128 e. The van der Waals surface area contributed by atoms with Crippen LogP contribution in [0.2, 0.25) is 0 Å². The van der Waals surface area contributed by atoms with Crippen molar-refractivity contribution in [1.82, 2.24) is 9.88 Å². The Morgan fingerprint density at radius 1 is 1.43 bits per heavy atom. The molecule has 0 aliphatic carbocycles. The minimum absolute atomic E-state index is 0.276. The molecule has 0 amide bonds. The highest BCUT2D eigenvalue weighted by Gasteiger charge is 2.23. The molecule has 0 saturated carbocycles. The van der Waals surface area contributed by atoms with E-state index in [0.717, 1.165) is 37.2 Å². The number of aliphatic hydroxyl groups is 1. The molecule has 4 nitrogen and oxygen atoms in total. The van der Waals surface area contributed by atoms with E-state index in [1.54, 1.807) is 0 Å².